The maximum absolute atomic E-state index is 12.4. The van der Waals surface area contributed by atoms with E-state index in [4.69, 9.17) is 4.74 Å². The van der Waals surface area contributed by atoms with Gasteiger partial charge < -0.3 is 15.0 Å². The summed E-state index contributed by atoms with van der Waals surface area (Å²) in [5.74, 6) is 0.492. The van der Waals surface area contributed by atoms with Gasteiger partial charge in [0, 0.05) is 30.4 Å². The molecule has 0 atom stereocenters. The Morgan fingerprint density at radius 2 is 2.00 bits per heavy atom. The molecule has 1 heterocycles. The molecule has 1 saturated heterocycles. The number of ketones is 1. The van der Waals surface area contributed by atoms with Crippen molar-refractivity contribution in [2.45, 2.75) is 31.7 Å². The maximum atomic E-state index is 12.4. The summed E-state index contributed by atoms with van der Waals surface area (Å²) in [5.41, 5.74) is 0.513. The smallest absolute Gasteiger partial charge is 0.223 e. The van der Waals surface area contributed by atoms with E-state index in [0.29, 0.717) is 11.3 Å². The van der Waals surface area contributed by atoms with Crippen LogP contribution in [0.1, 0.15) is 36.0 Å². The first-order valence-corrected chi connectivity index (χ1v) is 8.65. The number of nitrogens with one attached hydrogen (secondary N) is 1. The van der Waals surface area contributed by atoms with Gasteiger partial charge in [-0.05, 0) is 44.1 Å². The van der Waals surface area contributed by atoms with Crippen LogP contribution in [0.4, 0.5) is 0 Å². The SMILES string of the molecule is COc1ccc(Br)cc1C(=O)CCC(=O)N(C)C1CCNCC1. The minimum Gasteiger partial charge on any atom is -0.496 e. The van der Waals surface area contributed by atoms with Crippen molar-refractivity contribution >= 4 is 27.6 Å². The van der Waals surface area contributed by atoms with Crippen LogP contribution in [0.25, 0.3) is 0 Å². The average molecular weight is 383 g/mol. The fourth-order valence-corrected chi connectivity index (χ4v) is 3.19. The largest absolute Gasteiger partial charge is 0.496 e. The number of piperidine rings is 1. The van der Waals surface area contributed by atoms with E-state index >= 15 is 0 Å². The first-order chi connectivity index (χ1) is 11.0. The van der Waals surface area contributed by atoms with Gasteiger partial charge in [0.25, 0.3) is 0 Å². The molecule has 23 heavy (non-hydrogen) atoms. The van der Waals surface area contributed by atoms with Crippen molar-refractivity contribution in [3.05, 3.63) is 28.2 Å². The molecule has 0 bridgehead atoms. The predicted molar refractivity (Wildman–Crippen MR) is 92.9 cm³/mol. The van der Waals surface area contributed by atoms with Gasteiger partial charge in [-0.15, -0.1) is 0 Å². The fraction of sp³-hybridized carbons (Fsp3) is 0.529. The van der Waals surface area contributed by atoms with Gasteiger partial charge in [-0.25, -0.2) is 0 Å². The van der Waals surface area contributed by atoms with Gasteiger partial charge in [-0.2, -0.15) is 0 Å². The van der Waals surface area contributed by atoms with Crippen LogP contribution in [-0.4, -0.2) is 49.9 Å². The Morgan fingerprint density at radius 3 is 2.65 bits per heavy atom. The maximum Gasteiger partial charge on any atom is 0.223 e. The van der Waals surface area contributed by atoms with Gasteiger partial charge in [-0.1, -0.05) is 15.9 Å². The zero-order valence-electron chi connectivity index (χ0n) is 13.6. The normalized spacial score (nSPS) is 15.3. The summed E-state index contributed by atoms with van der Waals surface area (Å²) in [7, 11) is 3.37. The van der Waals surface area contributed by atoms with Crippen molar-refractivity contribution in [2.24, 2.45) is 0 Å². The van der Waals surface area contributed by atoms with Gasteiger partial charge in [-0.3, -0.25) is 9.59 Å². The fourth-order valence-electron chi connectivity index (χ4n) is 2.83. The molecule has 2 rings (SSSR count). The van der Waals surface area contributed by atoms with Gasteiger partial charge in [0.15, 0.2) is 5.78 Å². The van der Waals surface area contributed by atoms with Crippen molar-refractivity contribution in [1.82, 2.24) is 10.2 Å². The molecule has 126 valence electrons. The number of carbonyl (C=O) groups excluding carboxylic acids is 2. The molecule has 0 spiro atoms. The van der Waals surface area contributed by atoms with E-state index in [9.17, 15) is 9.59 Å². The van der Waals surface area contributed by atoms with Gasteiger partial charge in [0.2, 0.25) is 5.91 Å². The minimum absolute atomic E-state index is 0.0270. The van der Waals surface area contributed by atoms with Crippen molar-refractivity contribution < 1.29 is 14.3 Å². The average Bonchev–Trinajstić information content (AvgIpc) is 2.59. The highest BCUT2D eigenvalue weighted by Gasteiger charge is 2.23. The lowest BCUT2D eigenvalue weighted by Gasteiger charge is -2.31. The highest BCUT2D eigenvalue weighted by molar-refractivity contribution is 9.10. The second-order valence-electron chi connectivity index (χ2n) is 5.75. The van der Waals surface area contributed by atoms with Gasteiger partial charge in [0.1, 0.15) is 5.75 Å². The van der Waals surface area contributed by atoms with E-state index in [1.54, 1.807) is 17.0 Å². The van der Waals surface area contributed by atoms with Crippen LogP contribution in [0, 0.1) is 0 Å². The van der Waals surface area contributed by atoms with E-state index < -0.39 is 0 Å². The van der Waals surface area contributed by atoms with Crippen molar-refractivity contribution in [2.75, 3.05) is 27.2 Å². The van der Waals surface area contributed by atoms with Gasteiger partial charge >= 0.3 is 0 Å². The summed E-state index contributed by atoms with van der Waals surface area (Å²) in [6, 6.07) is 5.59. The third kappa shape index (κ3) is 4.78. The lowest BCUT2D eigenvalue weighted by atomic mass is 10.0. The first kappa shape index (κ1) is 17.9. The topological polar surface area (TPSA) is 58.6 Å². The molecule has 0 aromatic heterocycles. The molecule has 0 saturated carbocycles. The number of rotatable bonds is 6. The number of ether oxygens (including phenoxy) is 1. The Labute approximate surface area is 145 Å². The second-order valence-corrected chi connectivity index (χ2v) is 6.67. The quantitative estimate of drug-likeness (QED) is 0.768. The molecule has 0 radical (unpaired) electrons. The molecule has 1 amide bonds. The number of hydrogen-bond donors (Lipinski definition) is 1. The highest BCUT2D eigenvalue weighted by Crippen LogP contribution is 2.24. The number of methoxy groups -OCH3 is 1. The van der Waals surface area contributed by atoms with Crippen molar-refractivity contribution in [3.8, 4) is 5.75 Å². The van der Waals surface area contributed by atoms with E-state index in [0.717, 1.165) is 30.4 Å². The summed E-state index contributed by atoms with van der Waals surface area (Å²) < 4.78 is 6.05. The van der Waals surface area contributed by atoms with Crippen LogP contribution < -0.4 is 10.1 Å². The van der Waals surface area contributed by atoms with Gasteiger partial charge in [0.05, 0.1) is 12.7 Å². The summed E-state index contributed by atoms with van der Waals surface area (Å²) in [5, 5.41) is 3.29. The molecule has 1 aliphatic rings. The number of halogens is 1. The highest BCUT2D eigenvalue weighted by atomic mass is 79.9. The third-order valence-electron chi connectivity index (χ3n) is 4.28. The second kappa shape index (κ2) is 8.45. The van der Waals surface area contributed by atoms with Crippen molar-refractivity contribution in [1.29, 1.82) is 0 Å². The number of amides is 1. The van der Waals surface area contributed by atoms with E-state index in [1.807, 2.05) is 13.1 Å². The Balaban J connectivity index is 1.93. The summed E-state index contributed by atoms with van der Waals surface area (Å²) in [6.07, 6.45) is 2.36. The van der Waals surface area contributed by atoms with E-state index in [-0.39, 0.29) is 30.6 Å². The predicted octanol–water partition coefficient (Wildman–Crippen LogP) is 2.63. The van der Waals surface area contributed by atoms with E-state index in [1.165, 1.54) is 7.11 Å². The molecule has 0 aliphatic carbocycles. The van der Waals surface area contributed by atoms with E-state index in [2.05, 4.69) is 21.2 Å². The lowest BCUT2D eigenvalue weighted by molar-refractivity contribution is -0.132. The molecule has 1 aliphatic heterocycles. The molecule has 6 heteroatoms. The Morgan fingerprint density at radius 1 is 1.30 bits per heavy atom. The van der Waals surface area contributed by atoms with Crippen LogP contribution in [0.5, 0.6) is 5.75 Å². The molecular weight excluding hydrogens is 360 g/mol. The first-order valence-electron chi connectivity index (χ1n) is 7.86. The molecular formula is C17H23BrN2O3. The number of carbonyl (C=O) groups is 2. The monoisotopic (exact) mass is 382 g/mol. The third-order valence-corrected chi connectivity index (χ3v) is 4.77. The molecule has 1 aromatic carbocycles. The number of hydrogen-bond acceptors (Lipinski definition) is 4. The zero-order chi connectivity index (χ0) is 16.8. The summed E-state index contributed by atoms with van der Waals surface area (Å²) in [4.78, 5) is 26.5. The van der Waals surface area contributed by atoms with Crippen LogP contribution in [0.3, 0.4) is 0 Å². The Hall–Kier alpha value is -1.40. The Bertz CT molecular complexity index is 571. The molecule has 1 fully saturated rings. The summed E-state index contributed by atoms with van der Waals surface area (Å²) >= 11 is 3.36. The molecule has 1 N–H and O–H groups in total. The number of nitrogens with zero attached hydrogens (tertiary/aromatic N) is 1. The zero-order valence-corrected chi connectivity index (χ0v) is 15.2. The standard InChI is InChI=1S/C17H23BrN2O3/c1-20(13-7-9-19-10-8-13)17(22)6-4-15(21)14-11-12(18)3-5-16(14)23-2/h3,5,11,13,19H,4,6-10H2,1-2H3. The minimum atomic E-state index is -0.0739. The number of Topliss-reactive ketones (excluding diaryl/α,β-unsaturated/α-hetero) is 1. The lowest BCUT2D eigenvalue weighted by Crippen LogP contribution is -2.44. The van der Waals surface area contributed by atoms with Crippen molar-refractivity contribution in [3.63, 3.8) is 0 Å². The van der Waals surface area contributed by atoms with Crippen LogP contribution in [-0.2, 0) is 4.79 Å². The molecule has 0 unspecified atom stereocenters. The molecule has 1 aromatic rings. The summed E-state index contributed by atoms with van der Waals surface area (Å²) in [6.45, 7) is 1.88. The van der Waals surface area contributed by atoms with Crippen LogP contribution >= 0.6 is 15.9 Å². The van der Waals surface area contributed by atoms with Crippen LogP contribution in [0.15, 0.2) is 22.7 Å². The number of benzene rings is 1. The molecule has 5 nitrogen and oxygen atoms in total. The Kier molecular flexibility index (Phi) is 6.59. The van der Waals surface area contributed by atoms with Crippen LogP contribution in [0.2, 0.25) is 0 Å².